The lowest BCUT2D eigenvalue weighted by atomic mass is 10.2. The van der Waals surface area contributed by atoms with Crippen molar-refractivity contribution in [2.24, 2.45) is 0 Å². The van der Waals surface area contributed by atoms with E-state index in [9.17, 15) is 26.4 Å². The summed E-state index contributed by atoms with van der Waals surface area (Å²) in [7, 11) is -3.71. The van der Waals surface area contributed by atoms with E-state index in [2.05, 4.69) is 9.46 Å². The molecule has 11 heteroatoms. The molecule has 2 saturated heterocycles. The minimum absolute atomic E-state index is 0.0801. The number of ether oxygens (including phenoxy) is 2. The second-order valence-corrected chi connectivity index (χ2v) is 8.02. The van der Waals surface area contributed by atoms with Gasteiger partial charge < -0.3 is 14.4 Å². The van der Waals surface area contributed by atoms with Crippen molar-refractivity contribution in [1.29, 1.82) is 0 Å². The standard InChI is InChI=1S/C15H17F3N2O5S/c16-15(17,18)25-11-3-1-2-10(8-11)20-6-4-13(14(20)21)19-26(22,23)12-5-7-24-9-12/h1-3,8,12-13,19H,4-7,9H2. The number of benzene rings is 1. The van der Waals surface area contributed by atoms with Crippen LogP contribution in [0.5, 0.6) is 5.75 Å². The van der Waals surface area contributed by atoms with Gasteiger partial charge in [0.15, 0.2) is 0 Å². The lowest BCUT2D eigenvalue weighted by molar-refractivity contribution is -0.274. The zero-order valence-corrected chi connectivity index (χ0v) is 14.3. The Bertz CT molecular complexity index is 778. The third-order valence-electron chi connectivity index (χ3n) is 4.20. The molecule has 0 saturated carbocycles. The van der Waals surface area contributed by atoms with Gasteiger partial charge in [-0.05, 0) is 25.0 Å². The molecule has 3 rings (SSSR count). The summed E-state index contributed by atoms with van der Waals surface area (Å²) >= 11 is 0. The number of sulfonamides is 1. The summed E-state index contributed by atoms with van der Waals surface area (Å²) in [5.41, 5.74) is 0.211. The van der Waals surface area contributed by atoms with Crippen LogP contribution in [0.1, 0.15) is 12.8 Å². The Balaban J connectivity index is 1.70. The Hall–Kier alpha value is -1.85. The van der Waals surface area contributed by atoms with E-state index in [4.69, 9.17) is 4.74 Å². The summed E-state index contributed by atoms with van der Waals surface area (Å²) in [5.74, 6) is -0.966. The normalized spacial score (nSPS) is 24.3. The summed E-state index contributed by atoms with van der Waals surface area (Å²) in [6.45, 7) is 0.613. The Labute approximate surface area is 148 Å². The van der Waals surface area contributed by atoms with Gasteiger partial charge in [-0.3, -0.25) is 4.79 Å². The fraction of sp³-hybridized carbons (Fsp3) is 0.533. The number of rotatable bonds is 5. The molecule has 2 heterocycles. The fourth-order valence-electron chi connectivity index (χ4n) is 2.95. The van der Waals surface area contributed by atoms with E-state index in [0.717, 1.165) is 12.1 Å². The number of carbonyl (C=O) groups excluding carboxylic acids is 1. The maximum atomic E-state index is 12.5. The second-order valence-electron chi connectivity index (χ2n) is 6.02. The molecule has 1 N–H and O–H groups in total. The molecule has 144 valence electrons. The lowest BCUT2D eigenvalue weighted by Gasteiger charge is -2.19. The number of nitrogens with one attached hydrogen (secondary N) is 1. The molecular formula is C15H17F3N2O5S. The number of hydrogen-bond donors (Lipinski definition) is 1. The maximum absolute atomic E-state index is 12.5. The molecule has 2 aliphatic heterocycles. The molecule has 2 aliphatic rings. The van der Waals surface area contributed by atoms with Gasteiger partial charge in [0.2, 0.25) is 15.9 Å². The molecule has 0 aliphatic carbocycles. The van der Waals surface area contributed by atoms with E-state index in [1.807, 2.05) is 0 Å². The first kappa shape index (κ1) is 18.9. The van der Waals surface area contributed by atoms with Gasteiger partial charge in [-0.15, -0.1) is 13.2 Å². The number of amides is 1. The van der Waals surface area contributed by atoms with Gasteiger partial charge in [0.25, 0.3) is 0 Å². The maximum Gasteiger partial charge on any atom is 0.573 e. The predicted octanol–water partition coefficient (Wildman–Crippen LogP) is 1.40. The van der Waals surface area contributed by atoms with E-state index in [1.165, 1.54) is 17.0 Å². The lowest BCUT2D eigenvalue weighted by Crippen LogP contribution is -2.45. The van der Waals surface area contributed by atoms with Crippen molar-refractivity contribution in [3.63, 3.8) is 0 Å². The molecule has 0 bridgehead atoms. The van der Waals surface area contributed by atoms with Crippen LogP contribution in [0.15, 0.2) is 24.3 Å². The SMILES string of the molecule is O=C1C(NS(=O)(=O)C2CCOC2)CCN1c1cccc(OC(F)(F)F)c1. The van der Waals surface area contributed by atoms with E-state index < -0.39 is 39.3 Å². The highest BCUT2D eigenvalue weighted by Gasteiger charge is 2.39. The quantitative estimate of drug-likeness (QED) is 0.816. The van der Waals surface area contributed by atoms with Crippen LogP contribution in [0.3, 0.4) is 0 Å². The first-order valence-electron chi connectivity index (χ1n) is 7.92. The van der Waals surface area contributed by atoms with Crippen LogP contribution in [0, 0.1) is 0 Å². The van der Waals surface area contributed by atoms with Crippen molar-refractivity contribution in [3.05, 3.63) is 24.3 Å². The van der Waals surface area contributed by atoms with Crippen LogP contribution < -0.4 is 14.4 Å². The number of hydrogen-bond acceptors (Lipinski definition) is 5. The predicted molar refractivity (Wildman–Crippen MR) is 85.2 cm³/mol. The minimum atomic E-state index is -4.84. The van der Waals surface area contributed by atoms with Crippen LogP contribution in [0.2, 0.25) is 0 Å². The summed E-state index contributed by atoms with van der Waals surface area (Å²) in [6.07, 6.45) is -4.26. The molecule has 0 aromatic heterocycles. The Morgan fingerprint density at radius 3 is 2.69 bits per heavy atom. The third-order valence-corrected chi connectivity index (χ3v) is 6.06. The van der Waals surface area contributed by atoms with E-state index in [1.54, 1.807) is 0 Å². The Morgan fingerprint density at radius 2 is 2.04 bits per heavy atom. The zero-order chi connectivity index (χ0) is 18.9. The van der Waals surface area contributed by atoms with Gasteiger partial charge in [0.1, 0.15) is 17.0 Å². The van der Waals surface area contributed by atoms with Gasteiger partial charge in [-0.25, -0.2) is 13.1 Å². The molecule has 2 atom stereocenters. The molecule has 0 spiro atoms. The minimum Gasteiger partial charge on any atom is -0.406 e. The highest BCUT2D eigenvalue weighted by Crippen LogP contribution is 2.29. The number of alkyl halides is 3. The smallest absolute Gasteiger partial charge is 0.406 e. The summed E-state index contributed by atoms with van der Waals surface area (Å²) in [5, 5.41) is -0.701. The van der Waals surface area contributed by atoms with Crippen molar-refractivity contribution in [2.45, 2.75) is 30.5 Å². The van der Waals surface area contributed by atoms with E-state index in [-0.39, 0.29) is 25.3 Å². The van der Waals surface area contributed by atoms with E-state index in [0.29, 0.717) is 13.0 Å². The van der Waals surface area contributed by atoms with Crippen LogP contribution in [0.25, 0.3) is 0 Å². The third kappa shape index (κ3) is 4.27. The van der Waals surface area contributed by atoms with Crippen molar-refractivity contribution in [3.8, 4) is 5.75 Å². The Morgan fingerprint density at radius 1 is 1.27 bits per heavy atom. The van der Waals surface area contributed by atoms with Crippen molar-refractivity contribution < 1.29 is 35.9 Å². The molecule has 7 nitrogen and oxygen atoms in total. The molecule has 26 heavy (non-hydrogen) atoms. The first-order valence-corrected chi connectivity index (χ1v) is 9.46. The number of anilines is 1. The molecule has 2 fully saturated rings. The average molecular weight is 394 g/mol. The molecule has 1 aromatic carbocycles. The topological polar surface area (TPSA) is 84.9 Å². The van der Waals surface area contributed by atoms with Gasteiger partial charge in [-0.1, -0.05) is 6.07 Å². The number of carbonyl (C=O) groups is 1. The van der Waals surface area contributed by atoms with Crippen molar-refractivity contribution in [1.82, 2.24) is 4.72 Å². The number of nitrogens with zero attached hydrogens (tertiary/aromatic N) is 1. The molecule has 2 unspecified atom stereocenters. The summed E-state index contributed by atoms with van der Waals surface area (Å²) < 4.78 is 72.9. The highest BCUT2D eigenvalue weighted by molar-refractivity contribution is 7.90. The second kappa shape index (κ2) is 7.05. The molecule has 1 aromatic rings. The van der Waals surface area contributed by atoms with Crippen LogP contribution in [-0.2, 0) is 19.6 Å². The largest absolute Gasteiger partial charge is 0.573 e. The highest BCUT2D eigenvalue weighted by atomic mass is 32.2. The number of halogens is 3. The average Bonchev–Trinajstić information content (AvgIpc) is 3.17. The molecule has 0 radical (unpaired) electrons. The monoisotopic (exact) mass is 394 g/mol. The van der Waals surface area contributed by atoms with Crippen LogP contribution >= 0.6 is 0 Å². The van der Waals surface area contributed by atoms with Crippen molar-refractivity contribution in [2.75, 3.05) is 24.7 Å². The zero-order valence-electron chi connectivity index (χ0n) is 13.5. The van der Waals surface area contributed by atoms with E-state index >= 15 is 0 Å². The Kier molecular flexibility index (Phi) is 5.13. The van der Waals surface area contributed by atoms with Gasteiger partial charge in [0, 0.05) is 24.9 Å². The van der Waals surface area contributed by atoms with Gasteiger partial charge >= 0.3 is 6.36 Å². The van der Waals surface area contributed by atoms with Crippen LogP contribution in [-0.4, -0.2) is 51.7 Å². The van der Waals surface area contributed by atoms with Gasteiger partial charge in [0.05, 0.1) is 6.61 Å². The summed E-state index contributed by atoms with van der Waals surface area (Å²) in [6, 6.07) is 4.05. The van der Waals surface area contributed by atoms with Crippen molar-refractivity contribution >= 4 is 21.6 Å². The first-order chi connectivity index (χ1) is 12.2. The van der Waals surface area contributed by atoms with Gasteiger partial charge in [-0.2, -0.15) is 0 Å². The molecule has 1 amide bonds. The molecular weight excluding hydrogens is 377 g/mol. The van der Waals surface area contributed by atoms with Crippen LogP contribution in [0.4, 0.5) is 18.9 Å². The summed E-state index contributed by atoms with van der Waals surface area (Å²) in [4.78, 5) is 13.7. The fourth-order valence-corrected chi connectivity index (χ4v) is 4.44.